The van der Waals surface area contributed by atoms with Gasteiger partial charge >= 0.3 is 0 Å². The Morgan fingerprint density at radius 2 is 1.43 bits per heavy atom. The quantitative estimate of drug-likeness (QED) is 0.177. The van der Waals surface area contributed by atoms with E-state index in [-0.39, 0.29) is 73.0 Å². The number of aromatic nitrogens is 2. The maximum absolute atomic E-state index is 15.8. The first kappa shape index (κ1) is 42.2. The van der Waals surface area contributed by atoms with Crippen molar-refractivity contribution >= 4 is 11.7 Å². The summed E-state index contributed by atoms with van der Waals surface area (Å²) >= 11 is 0. The highest BCUT2D eigenvalue weighted by atomic mass is 19.3. The van der Waals surface area contributed by atoms with Crippen LogP contribution in [0.3, 0.4) is 0 Å². The molecule has 324 valence electrons. The third kappa shape index (κ3) is 8.32. The van der Waals surface area contributed by atoms with Crippen molar-refractivity contribution in [2.45, 2.75) is 88.5 Å². The monoisotopic (exact) mass is 863 g/mol. The van der Waals surface area contributed by atoms with Crippen LogP contribution in [-0.2, 0) is 21.7 Å². The Bertz CT molecular complexity index is 2420. The van der Waals surface area contributed by atoms with Crippen molar-refractivity contribution < 1.29 is 53.6 Å². The molecule has 2 aromatic carbocycles. The Morgan fingerprint density at radius 3 is 2.05 bits per heavy atom. The molecule has 2 fully saturated rings. The fourth-order valence-corrected chi connectivity index (χ4v) is 8.49. The molecule has 1 N–H and O–H groups in total. The highest BCUT2D eigenvalue weighted by molar-refractivity contribution is 5.86. The largest absolute Gasteiger partial charge is 0.384 e. The molecule has 8 rings (SSSR count). The lowest BCUT2D eigenvalue weighted by molar-refractivity contribution is -0.0148. The third-order valence-electron chi connectivity index (χ3n) is 11.3. The number of halogens is 10. The van der Waals surface area contributed by atoms with Crippen molar-refractivity contribution in [1.82, 2.24) is 25.1 Å². The highest BCUT2D eigenvalue weighted by Crippen LogP contribution is 2.43. The smallest absolute Gasteiger partial charge is 0.281 e. The Labute approximate surface area is 343 Å². The summed E-state index contributed by atoms with van der Waals surface area (Å²) in [5.41, 5.74) is -2.88. The number of hydrogen-bond acceptors (Lipinski definition) is 9. The van der Waals surface area contributed by atoms with Crippen LogP contribution in [0.25, 0.3) is 22.3 Å². The Hall–Kier alpha value is -5.46. The zero-order valence-electron chi connectivity index (χ0n) is 33.2. The predicted molar refractivity (Wildman–Crippen MR) is 203 cm³/mol. The van der Waals surface area contributed by atoms with Crippen LogP contribution in [0.5, 0.6) is 0 Å². The number of amidine groups is 2. The van der Waals surface area contributed by atoms with E-state index in [2.05, 4.69) is 25.6 Å². The molecular weight excluding hydrogens is 824 g/mol. The van der Waals surface area contributed by atoms with E-state index in [0.717, 1.165) is 0 Å². The number of likely N-dealkylation sites (tertiary alicyclic amines) is 2. The van der Waals surface area contributed by atoms with Gasteiger partial charge in [0.2, 0.25) is 0 Å². The van der Waals surface area contributed by atoms with Gasteiger partial charge in [0.15, 0.2) is 11.7 Å². The number of benzene rings is 2. The standard InChI is InChI=1S/C42H39F10N7O2/c1-21-7-26(36-29(47)11-24(44)12-30(36)48)38(54-16-21)40(4)15-34(57-61-40)59-18-32(42(51,52)20-59)55-39(2,3)14-22-8-25(35-27(45)9-23(43)10-28(35)46)37(53-17-22)31-13-33(56-60-31)58-6-5-41(49,50)19-58/h7-12,16-17,31-32,55H,5-6,13-15,18-20H2,1-4H3/t31-,32+,40?/m0/s1. The van der Waals surface area contributed by atoms with Crippen molar-refractivity contribution in [3.05, 3.63) is 106 Å². The topological polar surface area (TPSA) is 87.5 Å². The number of hydrogen-bond donors (Lipinski definition) is 1. The first-order valence-electron chi connectivity index (χ1n) is 19.4. The van der Waals surface area contributed by atoms with E-state index < -0.39 is 94.3 Å². The van der Waals surface area contributed by atoms with E-state index in [0.29, 0.717) is 35.4 Å². The van der Waals surface area contributed by atoms with Crippen LogP contribution >= 0.6 is 0 Å². The summed E-state index contributed by atoms with van der Waals surface area (Å²) in [7, 11) is 0. The van der Waals surface area contributed by atoms with Gasteiger partial charge in [0.1, 0.15) is 46.6 Å². The van der Waals surface area contributed by atoms with Gasteiger partial charge in [0.25, 0.3) is 11.8 Å². The van der Waals surface area contributed by atoms with Crippen LogP contribution in [0.2, 0.25) is 0 Å². The van der Waals surface area contributed by atoms with Crippen LogP contribution in [0.1, 0.15) is 68.7 Å². The number of nitrogens with one attached hydrogen (secondary N) is 1. The van der Waals surface area contributed by atoms with E-state index in [1.54, 1.807) is 27.7 Å². The Morgan fingerprint density at radius 1 is 0.787 bits per heavy atom. The van der Waals surface area contributed by atoms with Crippen LogP contribution < -0.4 is 5.32 Å². The maximum atomic E-state index is 15.8. The highest BCUT2D eigenvalue weighted by Gasteiger charge is 2.53. The van der Waals surface area contributed by atoms with Gasteiger partial charge in [-0.2, -0.15) is 0 Å². The normalized spacial score (nSPS) is 23.3. The number of nitrogens with zero attached hydrogens (tertiary/aromatic N) is 6. The minimum absolute atomic E-state index is 0.000923. The first-order chi connectivity index (χ1) is 28.6. The summed E-state index contributed by atoms with van der Waals surface area (Å²) in [6.45, 7) is 4.94. The molecule has 4 aromatic rings. The van der Waals surface area contributed by atoms with Gasteiger partial charge in [-0.15, -0.1) is 0 Å². The summed E-state index contributed by atoms with van der Waals surface area (Å²) in [5, 5.41) is 11.1. The average Bonchev–Trinajstić information content (AvgIpc) is 3.93. The molecule has 0 bridgehead atoms. The molecule has 0 radical (unpaired) electrons. The summed E-state index contributed by atoms with van der Waals surface area (Å²) in [6, 6.07) is 3.50. The molecular formula is C42H39F10N7O2. The summed E-state index contributed by atoms with van der Waals surface area (Å²) in [4.78, 5) is 22.8. The van der Waals surface area contributed by atoms with Crippen molar-refractivity contribution in [2.75, 3.05) is 26.2 Å². The zero-order chi connectivity index (χ0) is 43.8. The van der Waals surface area contributed by atoms with Crippen molar-refractivity contribution in [1.29, 1.82) is 0 Å². The fraction of sp³-hybridized carbons (Fsp3) is 0.429. The van der Waals surface area contributed by atoms with E-state index in [1.165, 1.54) is 34.3 Å². The van der Waals surface area contributed by atoms with E-state index in [4.69, 9.17) is 9.68 Å². The van der Waals surface area contributed by atoms with Gasteiger partial charge in [-0.05, 0) is 57.4 Å². The first-order valence-corrected chi connectivity index (χ1v) is 19.4. The molecule has 1 unspecified atom stereocenters. The fourth-order valence-electron chi connectivity index (χ4n) is 8.49. The molecule has 19 heteroatoms. The lowest BCUT2D eigenvalue weighted by Gasteiger charge is -2.32. The lowest BCUT2D eigenvalue weighted by atomic mass is 9.89. The molecule has 2 saturated heterocycles. The second-order valence-electron chi connectivity index (χ2n) is 16.9. The number of alkyl halides is 4. The minimum Gasteiger partial charge on any atom is -0.384 e. The van der Waals surface area contributed by atoms with Crippen LogP contribution in [0.15, 0.2) is 59.1 Å². The molecule has 6 heterocycles. The number of aryl methyl sites for hydroxylation is 1. The van der Waals surface area contributed by atoms with Crippen molar-refractivity contribution in [3.8, 4) is 22.3 Å². The van der Waals surface area contributed by atoms with E-state index >= 15 is 17.6 Å². The van der Waals surface area contributed by atoms with Crippen LogP contribution in [0, 0.1) is 41.8 Å². The second kappa shape index (κ2) is 15.2. The van der Waals surface area contributed by atoms with Crippen LogP contribution in [0.4, 0.5) is 43.9 Å². The van der Waals surface area contributed by atoms with Crippen molar-refractivity contribution in [3.63, 3.8) is 0 Å². The number of oxime groups is 2. The molecule has 0 saturated carbocycles. The molecule has 4 aliphatic rings. The molecule has 0 aliphatic carbocycles. The molecule has 0 spiro atoms. The lowest BCUT2D eigenvalue weighted by Crippen LogP contribution is -2.54. The van der Waals surface area contributed by atoms with Gasteiger partial charge in [-0.1, -0.05) is 10.3 Å². The average molecular weight is 864 g/mol. The van der Waals surface area contributed by atoms with E-state index in [1.807, 2.05) is 0 Å². The Balaban J connectivity index is 0.998. The van der Waals surface area contributed by atoms with Gasteiger partial charge in [0.05, 0.1) is 54.5 Å². The SMILES string of the molecule is Cc1cnc(C2(C)CC(N3C[C@@H](NC(C)(C)Cc4cnc([C@@H]5CC(N6CCC(F)(F)C6)=NO5)c(-c5c(F)cc(F)cc5F)c4)C(F)(F)C3)=NO2)c(-c2c(F)cc(F)cc2F)c1. The molecule has 4 aliphatic heterocycles. The molecule has 2 aromatic heterocycles. The second-order valence-corrected chi connectivity index (χ2v) is 16.9. The van der Waals surface area contributed by atoms with Gasteiger partial charge in [0, 0.05) is 72.8 Å². The maximum Gasteiger partial charge on any atom is 0.281 e. The minimum atomic E-state index is -3.32. The van der Waals surface area contributed by atoms with Gasteiger partial charge in [-0.25, -0.2) is 43.9 Å². The van der Waals surface area contributed by atoms with E-state index in [9.17, 15) is 26.3 Å². The Kier molecular flexibility index (Phi) is 10.5. The van der Waals surface area contributed by atoms with Gasteiger partial charge in [-0.3, -0.25) is 9.97 Å². The van der Waals surface area contributed by atoms with Gasteiger partial charge < -0.3 is 24.8 Å². The molecule has 3 atom stereocenters. The van der Waals surface area contributed by atoms with Crippen molar-refractivity contribution in [2.24, 2.45) is 10.3 Å². The molecule has 61 heavy (non-hydrogen) atoms. The van der Waals surface area contributed by atoms with Crippen LogP contribution in [-0.4, -0.2) is 81.0 Å². The predicted octanol–water partition coefficient (Wildman–Crippen LogP) is 8.95. The zero-order valence-corrected chi connectivity index (χ0v) is 33.2. The summed E-state index contributed by atoms with van der Waals surface area (Å²) < 4.78 is 148. The summed E-state index contributed by atoms with van der Waals surface area (Å²) in [5.74, 6) is -13.0. The summed E-state index contributed by atoms with van der Waals surface area (Å²) in [6.07, 6.45) is 1.28. The number of rotatable bonds is 8. The number of pyridine rings is 2. The molecule has 0 amide bonds. The molecule has 9 nitrogen and oxygen atoms in total. The third-order valence-corrected chi connectivity index (χ3v) is 11.3.